The third-order valence-electron chi connectivity index (χ3n) is 3.27. The molecule has 1 aliphatic heterocycles. The number of phenolic OH excluding ortho intramolecular Hbond substituents is 1. The molecule has 1 amide bonds. The van der Waals surface area contributed by atoms with Crippen LogP contribution in [0.5, 0.6) is 11.5 Å². The van der Waals surface area contributed by atoms with Crippen molar-refractivity contribution < 1.29 is 14.6 Å². The number of alkyl halides is 1. The number of likely N-dealkylation sites (tertiary alicyclic amines) is 1. The SMILES string of the molecule is COc1cccc(C(=O)N2CCCC2CCl)c1O. The van der Waals surface area contributed by atoms with E-state index in [0.717, 1.165) is 12.8 Å². The van der Waals surface area contributed by atoms with E-state index in [0.29, 0.717) is 18.2 Å². The Morgan fingerprint density at radius 2 is 2.39 bits per heavy atom. The molecule has 0 saturated carbocycles. The summed E-state index contributed by atoms with van der Waals surface area (Å²) in [7, 11) is 1.46. The van der Waals surface area contributed by atoms with Crippen molar-refractivity contribution in [3.63, 3.8) is 0 Å². The highest BCUT2D eigenvalue weighted by atomic mass is 35.5. The molecule has 1 aromatic carbocycles. The normalized spacial score (nSPS) is 19.0. The molecular formula is C13H16ClNO3. The number of nitrogens with zero attached hydrogens (tertiary/aromatic N) is 1. The van der Waals surface area contributed by atoms with Gasteiger partial charge in [-0.2, -0.15) is 0 Å². The van der Waals surface area contributed by atoms with Crippen LogP contribution in [0.25, 0.3) is 0 Å². The molecule has 0 spiro atoms. The van der Waals surface area contributed by atoms with Crippen molar-refractivity contribution in [2.45, 2.75) is 18.9 Å². The van der Waals surface area contributed by atoms with Crippen LogP contribution in [0.1, 0.15) is 23.2 Å². The molecule has 0 bridgehead atoms. The van der Waals surface area contributed by atoms with Gasteiger partial charge in [-0.3, -0.25) is 4.79 Å². The zero-order valence-corrected chi connectivity index (χ0v) is 11.0. The molecule has 0 aliphatic carbocycles. The fraction of sp³-hybridized carbons (Fsp3) is 0.462. The van der Waals surface area contributed by atoms with E-state index in [4.69, 9.17) is 16.3 Å². The van der Waals surface area contributed by atoms with Gasteiger partial charge in [-0.15, -0.1) is 11.6 Å². The van der Waals surface area contributed by atoms with Gasteiger partial charge < -0.3 is 14.7 Å². The fourth-order valence-electron chi connectivity index (χ4n) is 2.28. The number of hydrogen-bond acceptors (Lipinski definition) is 3. The third-order valence-corrected chi connectivity index (χ3v) is 3.62. The first-order valence-corrected chi connectivity index (χ1v) is 6.45. The number of halogens is 1. The molecule has 1 saturated heterocycles. The summed E-state index contributed by atoms with van der Waals surface area (Å²) in [5.41, 5.74) is 0.270. The Balaban J connectivity index is 2.28. The van der Waals surface area contributed by atoms with Crippen LogP contribution < -0.4 is 4.74 Å². The number of rotatable bonds is 3. The highest BCUT2D eigenvalue weighted by Gasteiger charge is 2.30. The number of ether oxygens (including phenoxy) is 1. The van der Waals surface area contributed by atoms with Crippen LogP contribution in [-0.4, -0.2) is 41.5 Å². The third kappa shape index (κ3) is 2.25. The Morgan fingerprint density at radius 1 is 1.61 bits per heavy atom. The van der Waals surface area contributed by atoms with E-state index >= 15 is 0 Å². The summed E-state index contributed by atoms with van der Waals surface area (Å²) in [6.45, 7) is 0.687. The summed E-state index contributed by atoms with van der Waals surface area (Å²) >= 11 is 5.85. The van der Waals surface area contributed by atoms with E-state index < -0.39 is 0 Å². The number of carbonyl (C=O) groups is 1. The molecule has 98 valence electrons. The van der Waals surface area contributed by atoms with Crippen LogP contribution in [0.2, 0.25) is 0 Å². The van der Waals surface area contributed by atoms with Gasteiger partial charge in [0.25, 0.3) is 5.91 Å². The summed E-state index contributed by atoms with van der Waals surface area (Å²) in [4.78, 5) is 14.1. The Bertz CT molecular complexity index is 450. The van der Waals surface area contributed by atoms with Crippen molar-refractivity contribution >= 4 is 17.5 Å². The average molecular weight is 270 g/mol. The fourth-order valence-corrected chi connectivity index (χ4v) is 2.60. The molecule has 4 nitrogen and oxygen atoms in total. The van der Waals surface area contributed by atoms with Gasteiger partial charge in [0.05, 0.1) is 12.7 Å². The number of aromatic hydroxyl groups is 1. The number of methoxy groups -OCH3 is 1. The monoisotopic (exact) mass is 269 g/mol. The van der Waals surface area contributed by atoms with Crippen molar-refractivity contribution in [3.8, 4) is 11.5 Å². The number of para-hydroxylation sites is 1. The average Bonchev–Trinajstić information content (AvgIpc) is 2.86. The molecule has 0 radical (unpaired) electrons. The second kappa shape index (κ2) is 5.48. The minimum Gasteiger partial charge on any atom is -0.504 e. The maximum absolute atomic E-state index is 12.4. The zero-order chi connectivity index (χ0) is 13.1. The highest BCUT2D eigenvalue weighted by Crippen LogP contribution is 2.32. The Morgan fingerprint density at radius 3 is 3.06 bits per heavy atom. The molecule has 5 heteroatoms. The van der Waals surface area contributed by atoms with Crippen molar-refractivity contribution in [3.05, 3.63) is 23.8 Å². The van der Waals surface area contributed by atoms with Crippen molar-refractivity contribution in [1.82, 2.24) is 4.90 Å². The summed E-state index contributed by atoms with van der Waals surface area (Å²) in [5, 5.41) is 9.97. The smallest absolute Gasteiger partial charge is 0.258 e. The molecule has 2 rings (SSSR count). The van der Waals surface area contributed by atoms with Crippen LogP contribution in [0.3, 0.4) is 0 Å². The molecule has 18 heavy (non-hydrogen) atoms. The molecule has 1 heterocycles. The van der Waals surface area contributed by atoms with Gasteiger partial charge in [-0.25, -0.2) is 0 Å². The van der Waals surface area contributed by atoms with Crippen molar-refractivity contribution in [1.29, 1.82) is 0 Å². The molecule has 1 fully saturated rings. The summed E-state index contributed by atoms with van der Waals surface area (Å²) in [5.74, 6) is 0.443. The predicted molar refractivity (Wildman–Crippen MR) is 69.4 cm³/mol. The topological polar surface area (TPSA) is 49.8 Å². The highest BCUT2D eigenvalue weighted by molar-refractivity contribution is 6.18. The van der Waals surface area contributed by atoms with E-state index in [1.165, 1.54) is 7.11 Å². The van der Waals surface area contributed by atoms with E-state index in [1.54, 1.807) is 23.1 Å². The van der Waals surface area contributed by atoms with Crippen molar-refractivity contribution in [2.24, 2.45) is 0 Å². The number of carbonyl (C=O) groups excluding carboxylic acids is 1. The number of phenols is 1. The largest absolute Gasteiger partial charge is 0.504 e. The lowest BCUT2D eigenvalue weighted by atomic mass is 10.1. The van der Waals surface area contributed by atoms with Crippen LogP contribution in [0.15, 0.2) is 18.2 Å². The van der Waals surface area contributed by atoms with Crippen molar-refractivity contribution in [2.75, 3.05) is 19.5 Å². The maximum Gasteiger partial charge on any atom is 0.258 e. The molecule has 1 N–H and O–H groups in total. The molecule has 1 aliphatic rings. The second-order valence-corrected chi connectivity index (χ2v) is 4.61. The zero-order valence-electron chi connectivity index (χ0n) is 10.2. The van der Waals surface area contributed by atoms with E-state index in [2.05, 4.69) is 0 Å². The predicted octanol–water partition coefficient (Wildman–Crippen LogP) is 2.24. The van der Waals surface area contributed by atoms with Crippen LogP contribution in [0, 0.1) is 0 Å². The van der Waals surface area contributed by atoms with E-state index in [9.17, 15) is 9.90 Å². The number of hydrogen-bond donors (Lipinski definition) is 1. The summed E-state index contributed by atoms with van der Waals surface area (Å²) in [6, 6.07) is 4.97. The summed E-state index contributed by atoms with van der Waals surface area (Å²) in [6.07, 6.45) is 1.87. The first-order valence-electron chi connectivity index (χ1n) is 5.92. The van der Waals surface area contributed by atoms with Gasteiger partial charge >= 0.3 is 0 Å². The van der Waals surface area contributed by atoms with Gasteiger partial charge in [0.15, 0.2) is 11.5 Å². The summed E-state index contributed by atoms with van der Waals surface area (Å²) < 4.78 is 5.00. The van der Waals surface area contributed by atoms with Crippen LogP contribution in [0.4, 0.5) is 0 Å². The molecule has 1 unspecified atom stereocenters. The molecule has 1 atom stereocenters. The lowest BCUT2D eigenvalue weighted by molar-refractivity contribution is 0.0745. The van der Waals surface area contributed by atoms with Crippen LogP contribution in [-0.2, 0) is 0 Å². The van der Waals surface area contributed by atoms with E-state index in [1.807, 2.05) is 0 Å². The Labute approximate surface area is 111 Å². The van der Waals surface area contributed by atoms with Gasteiger partial charge in [-0.1, -0.05) is 6.07 Å². The maximum atomic E-state index is 12.4. The number of amides is 1. The van der Waals surface area contributed by atoms with Gasteiger partial charge in [0.2, 0.25) is 0 Å². The lowest BCUT2D eigenvalue weighted by Gasteiger charge is -2.23. The molecular weight excluding hydrogens is 254 g/mol. The minimum atomic E-state index is -0.186. The quantitative estimate of drug-likeness (QED) is 0.856. The Kier molecular flexibility index (Phi) is 3.97. The van der Waals surface area contributed by atoms with Gasteiger partial charge in [-0.05, 0) is 25.0 Å². The minimum absolute atomic E-state index is 0.0600. The van der Waals surface area contributed by atoms with Crippen LogP contribution >= 0.6 is 11.6 Å². The lowest BCUT2D eigenvalue weighted by Crippen LogP contribution is -2.36. The standard InChI is InChI=1S/C13H16ClNO3/c1-18-11-6-2-5-10(12(11)16)13(17)15-7-3-4-9(15)8-14/h2,5-6,9,16H,3-4,7-8H2,1H3. The molecule has 0 aromatic heterocycles. The molecule has 1 aromatic rings. The first kappa shape index (κ1) is 13.0. The van der Waals surface area contributed by atoms with E-state index in [-0.39, 0.29) is 23.3 Å². The first-order chi connectivity index (χ1) is 8.69. The Hall–Kier alpha value is -1.42. The van der Waals surface area contributed by atoms with Gasteiger partial charge in [0, 0.05) is 18.5 Å². The second-order valence-electron chi connectivity index (χ2n) is 4.31. The number of benzene rings is 1. The van der Waals surface area contributed by atoms with Gasteiger partial charge in [0.1, 0.15) is 0 Å².